The average molecular weight is 509 g/mol. The molecular formula is C25H48O10. The minimum atomic E-state index is -1.66. The van der Waals surface area contributed by atoms with Crippen LogP contribution in [0.15, 0.2) is 0 Å². The Labute approximate surface area is 208 Å². The van der Waals surface area contributed by atoms with Crippen molar-refractivity contribution in [1.29, 1.82) is 0 Å². The van der Waals surface area contributed by atoms with Crippen LogP contribution in [0.2, 0.25) is 0 Å². The SMILES string of the molecule is CCCCCCCCCCCCCC1OC(CO)[C@@H](O[C@@H]2OC(CO)[C@H](O)[C@H](O)C2O)[C@H](O)C1O. The molecule has 2 heterocycles. The maximum absolute atomic E-state index is 10.7. The lowest BCUT2D eigenvalue weighted by Gasteiger charge is -2.46. The second-order valence-electron chi connectivity index (χ2n) is 10.00. The van der Waals surface area contributed by atoms with Crippen molar-refractivity contribution >= 4 is 0 Å². The molecule has 35 heavy (non-hydrogen) atoms. The van der Waals surface area contributed by atoms with Crippen molar-refractivity contribution < 1.29 is 50.0 Å². The van der Waals surface area contributed by atoms with Crippen LogP contribution in [-0.2, 0) is 14.2 Å². The molecule has 5 unspecified atom stereocenters. The largest absolute Gasteiger partial charge is 0.394 e. The molecule has 2 aliphatic rings. The van der Waals surface area contributed by atoms with E-state index in [0.29, 0.717) is 6.42 Å². The highest BCUT2D eigenvalue weighted by molar-refractivity contribution is 4.95. The Bertz CT molecular complexity index is 548. The van der Waals surface area contributed by atoms with Crippen molar-refractivity contribution in [3.8, 4) is 0 Å². The third-order valence-corrected chi connectivity index (χ3v) is 7.20. The van der Waals surface area contributed by atoms with Gasteiger partial charge >= 0.3 is 0 Å². The van der Waals surface area contributed by atoms with Crippen LogP contribution in [-0.4, -0.2) is 110 Å². The van der Waals surface area contributed by atoms with Gasteiger partial charge in [-0.25, -0.2) is 0 Å². The van der Waals surface area contributed by atoms with Crippen LogP contribution in [0.1, 0.15) is 84.0 Å². The third kappa shape index (κ3) is 9.14. The van der Waals surface area contributed by atoms with E-state index in [1.54, 1.807) is 0 Å². The van der Waals surface area contributed by atoms with Gasteiger partial charge in [0.1, 0.15) is 48.8 Å². The normalized spacial score (nSPS) is 38.1. The van der Waals surface area contributed by atoms with Crippen molar-refractivity contribution in [3.05, 3.63) is 0 Å². The van der Waals surface area contributed by atoms with Crippen LogP contribution in [0, 0.1) is 0 Å². The van der Waals surface area contributed by atoms with Crippen molar-refractivity contribution in [2.45, 2.75) is 145 Å². The van der Waals surface area contributed by atoms with Gasteiger partial charge in [0, 0.05) is 0 Å². The zero-order valence-corrected chi connectivity index (χ0v) is 21.0. The maximum atomic E-state index is 10.7. The predicted molar refractivity (Wildman–Crippen MR) is 127 cm³/mol. The fourth-order valence-electron chi connectivity index (χ4n) is 4.91. The summed E-state index contributed by atoms with van der Waals surface area (Å²) in [6, 6.07) is 0. The molecule has 7 N–H and O–H groups in total. The molecular weight excluding hydrogens is 460 g/mol. The summed E-state index contributed by atoms with van der Waals surface area (Å²) >= 11 is 0. The highest BCUT2D eigenvalue weighted by Crippen LogP contribution is 2.30. The first-order valence-electron chi connectivity index (χ1n) is 13.4. The second kappa shape index (κ2) is 16.4. The molecule has 10 atom stereocenters. The van der Waals surface area contributed by atoms with Crippen LogP contribution < -0.4 is 0 Å². The Morgan fingerprint density at radius 1 is 0.543 bits per heavy atom. The average Bonchev–Trinajstić information content (AvgIpc) is 2.86. The van der Waals surface area contributed by atoms with Gasteiger partial charge in [-0.05, 0) is 6.42 Å². The minimum Gasteiger partial charge on any atom is -0.394 e. The van der Waals surface area contributed by atoms with E-state index in [1.807, 2.05) is 0 Å². The van der Waals surface area contributed by atoms with Gasteiger partial charge < -0.3 is 50.0 Å². The Balaban J connectivity index is 1.74. The molecule has 0 spiro atoms. The number of hydrogen-bond donors (Lipinski definition) is 7. The Morgan fingerprint density at radius 3 is 1.60 bits per heavy atom. The predicted octanol–water partition coefficient (Wildman–Crippen LogP) is 0.354. The van der Waals surface area contributed by atoms with E-state index in [4.69, 9.17) is 14.2 Å². The number of aliphatic hydroxyl groups excluding tert-OH is 7. The van der Waals surface area contributed by atoms with E-state index in [2.05, 4.69) is 6.92 Å². The van der Waals surface area contributed by atoms with Gasteiger partial charge in [0.25, 0.3) is 0 Å². The zero-order valence-electron chi connectivity index (χ0n) is 21.0. The quantitative estimate of drug-likeness (QED) is 0.144. The maximum Gasteiger partial charge on any atom is 0.187 e. The molecule has 2 fully saturated rings. The smallest absolute Gasteiger partial charge is 0.187 e. The van der Waals surface area contributed by atoms with E-state index < -0.39 is 74.4 Å². The van der Waals surface area contributed by atoms with Gasteiger partial charge in [-0.3, -0.25) is 0 Å². The number of ether oxygens (including phenoxy) is 3. The summed E-state index contributed by atoms with van der Waals surface area (Å²) in [5, 5.41) is 70.5. The van der Waals surface area contributed by atoms with Gasteiger partial charge in [-0.15, -0.1) is 0 Å². The molecule has 2 aliphatic heterocycles. The van der Waals surface area contributed by atoms with Crippen molar-refractivity contribution in [1.82, 2.24) is 0 Å². The molecule has 0 aromatic carbocycles. The lowest BCUT2D eigenvalue weighted by Crippen LogP contribution is -2.64. The van der Waals surface area contributed by atoms with Gasteiger partial charge in [0.15, 0.2) is 6.29 Å². The van der Waals surface area contributed by atoms with Crippen molar-refractivity contribution in [2.75, 3.05) is 13.2 Å². The second-order valence-corrected chi connectivity index (χ2v) is 10.00. The number of rotatable bonds is 16. The fraction of sp³-hybridized carbons (Fsp3) is 1.00. The summed E-state index contributed by atoms with van der Waals surface area (Å²) < 4.78 is 16.7. The lowest BCUT2D eigenvalue weighted by atomic mass is 9.91. The first-order valence-corrected chi connectivity index (χ1v) is 13.4. The van der Waals surface area contributed by atoms with E-state index in [1.165, 1.54) is 51.4 Å². The van der Waals surface area contributed by atoms with Crippen molar-refractivity contribution in [2.24, 2.45) is 0 Å². The number of hydrogen-bond acceptors (Lipinski definition) is 10. The van der Waals surface area contributed by atoms with Crippen LogP contribution >= 0.6 is 0 Å². The Hall–Kier alpha value is -0.400. The molecule has 208 valence electrons. The van der Waals surface area contributed by atoms with E-state index in [0.717, 1.165) is 19.3 Å². The number of aliphatic hydroxyl groups is 7. The molecule has 2 rings (SSSR count). The molecule has 0 aromatic rings. The molecule has 0 aromatic heterocycles. The summed E-state index contributed by atoms with van der Waals surface area (Å²) in [4.78, 5) is 0. The highest BCUT2D eigenvalue weighted by atomic mass is 16.7. The van der Waals surface area contributed by atoms with Gasteiger partial charge in [0.05, 0.1) is 19.3 Å². The van der Waals surface area contributed by atoms with Crippen LogP contribution in [0.25, 0.3) is 0 Å². The summed E-state index contributed by atoms with van der Waals surface area (Å²) in [6.07, 6.45) is 0.545. The lowest BCUT2D eigenvalue weighted by molar-refractivity contribution is -0.342. The summed E-state index contributed by atoms with van der Waals surface area (Å²) in [7, 11) is 0. The molecule has 0 radical (unpaired) electrons. The van der Waals surface area contributed by atoms with Crippen LogP contribution in [0.4, 0.5) is 0 Å². The molecule has 2 saturated heterocycles. The first-order chi connectivity index (χ1) is 16.8. The summed E-state index contributed by atoms with van der Waals surface area (Å²) in [5.74, 6) is 0. The van der Waals surface area contributed by atoms with Crippen molar-refractivity contribution in [3.63, 3.8) is 0 Å². The molecule has 0 amide bonds. The van der Waals surface area contributed by atoms with Gasteiger partial charge in [-0.1, -0.05) is 77.6 Å². The molecule has 0 saturated carbocycles. The van der Waals surface area contributed by atoms with E-state index in [9.17, 15) is 35.7 Å². The van der Waals surface area contributed by atoms with E-state index in [-0.39, 0.29) is 0 Å². The molecule has 0 aliphatic carbocycles. The van der Waals surface area contributed by atoms with Crippen LogP contribution in [0.5, 0.6) is 0 Å². The molecule has 10 heteroatoms. The monoisotopic (exact) mass is 508 g/mol. The van der Waals surface area contributed by atoms with Gasteiger partial charge in [0.2, 0.25) is 0 Å². The Morgan fingerprint density at radius 2 is 1.06 bits per heavy atom. The Kier molecular flexibility index (Phi) is 14.5. The molecule has 10 nitrogen and oxygen atoms in total. The standard InChI is InChI=1S/C25H48O10/c1-2-3-4-5-6-7-8-9-10-11-12-13-16-19(28)22(31)24(18(15-27)33-16)35-25-23(32)21(30)20(29)17(14-26)34-25/h16-32H,2-15H2,1H3/t16?,17?,18?,19?,20-,21-,22+,23?,24+,25-/m0/s1. The van der Waals surface area contributed by atoms with Crippen LogP contribution in [0.3, 0.4) is 0 Å². The van der Waals surface area contributed by atoms with E-state index >= 15 is 0 Å². The minimum absolute atomic E-state index is 0.499. The third-order valence-electron chi connectivity index (χ3n) is 7.20. The zero-order chi connectivity index (χ0) is 25.8. The highest BCUT2D eigenvalue weighted by Gasteiger charge is 2.50. The molecule has 0 bridgehead atoms. The first kappa shape index (κ1) is 30.8. The topological polar surface area (TPSA) is 169 Å². The fourth-order valence-corrected chi connectivity index (χ4v) is 4.91. The summed E-state index contributed by atoms with van der Waals surface area (Å²) in [6.45, 7) is 1.10. The number of unbranched alkanes of at least 4 members (excludes halogenated alkanes) is 10. The van der Waals surface area contributed by atoms with Gasteiger partial charge in [-0.2, -0.15) is 0 Å². The summed E-state index contributed by atoms with van der Waals surface area (Å²) in [5.41, 5.74) is 0.